The quantitative estimate of drug-likeness (QED) is 0.644. The Bertz CT molecular complexity index is 721. The van der Waals surface area contributed by atoms with Gasteiger partial charge in [0.05, 0.1) is 0 Å². The van der Waals surface area contributed by atoms with Crippen molar-refractivity contribution in [1.29, 1.82) is 0 Å². The topological polar surface area (TPSA) is 90.8 Å². The summed E-state index contributed by atoms with van der Waals surface area (Å²) in [6.07, 6.45) is -1.92. The molecular weight excluding hydrogens is 320 g/mol. The molecule has 2 aromatic carbocycles. The first-order chi connectivity index (χ1) is 12.1. The van der Waals surface area contributed by atoms with Crippen LogP contribution in [0.15, 0.2) is 48.5 Å². The molecule has 0 saturated heterocycles. The number of carbonyl (C=O) groups is 1. The fourth-order valence-corrected chi connectivity index (χ4v) is 2.80. The van der Waals surface area contributed by atoms with Gasteiger partial charge in [-0.05, 0) is 29.2 Å². The highest BCUT2D eigenvalue weighted by atomic mass is 16.5. The maximum Gasteiger partial charge on any atom is 0.407 e. The fourth-order valence-electron chi connectivity index (χ4n) is 2.80. The van der Waals surface area contributed by atoms with Gasteiger partial charge in [0.15, 0.2) is 0 Å². The molecule has 2 atom stereocenters. The summed E-state index contributed by atoms with van der Waals surface area (Å²) in [6, 6.07) is 14.9. The number of hydrogen-bond donors (Lipinski definition) is 4. The molecule has 1 amide bonds. The van der Waals surface area contributed by atoms with Crippen molar-refractivity contribution in [3.8, 4) is 0 Å². The molecule has 2 unspecified atom stereocenters. The molecule has 1 heterocycles. The van der Waals surface area contributed by atoms with Gasteiger partial charge in [-0.15, -0.1) is 0 Å². The van der Waals surface area contributed by atoms with E-state index in [1.807, 2.05) is 42.5 Å². The Morgan fingerprint density at radius 2 is 2.00 bits per heavy atom. The summed E-state index contributed by atoms with van der Waals surface area (Å²) in [7, 11) is 0. The highest BCUT2D eigenvalue weighted by Crippen LogP contribution is 2.27. The van der Waals surface area contributed by atoms with Gasteiger partial charge < -0.3 is 25.6 Å². The van der Waals surface area contributed by atoms with E-state index in [1.165, 1.54) is 0 Å². The van der Waals surface area contributed by atoms with Gasteiger partial charge in [-0.1, -0.05) is 42.5 Å². The normalized spacial score (nSPS) is 15.0. The Hall–Kier alpha value is -2.57. The minimum atomic E-state index is -1.11. The average molecular weight is 342 g/mol. The lowest BCUT2D eigenvalue weighted by molar-refractivity contribution is 0.0184. The molecule has 0 fully saturated rings. The predicted octanol–water partition coefficient (Wildman–Crippen LogP) is 1.98. The average Bonchev–Trinajstić information content (AvgIpc) is 3.12. The summed E-state index contributed by atoms with van der Waals surface area (Å²) in [6.45, 7) is 0.944. The Kier molecular flexibility index (Phi) is 5.53. The number of alkyl carbamates (subject to hydrolysis) is 1. The van der Waals surface area contributed by atoms with Gasteiger partial charge in [-0.2, -0.15) is 0 Å². The van der Waals surface area contributed by atoms with E-state index in [1.54, 1.807) is 6.07 Å². The molecule has 0 aliphatic carbocycles. The monoisotopic (exact) mass is 342 g/mol. The van der Waals surface area contributed by atoms with E-state index in [0.29, 0.717) is 5.56 Å². The summed E-state index contributed by atoms with van der Waals surface area (Å²) < 4.78 is 5.07. The largest absolute Gasteiger partial charge is 0.445 e. The molecule has 132 valence electrons. The van der Waals surface area contributed by atoms with Crippen LogP contribution in [-0.2, 0) is 17.8 Å². The number of benzene rings is 2. The third-order valence-electron chi connectivity index (χ3n) is 4.21. The van der Waals surface area contributed by atoms with Crippen LogP contribution in [0.4, 0.5) is 10.5 Å². The molecule has 2 aromatic rings. The van der Waals surface area contributed by atoms with E-state index in [-0.39, 0.29) is 13.2 Å². The van der Waals surface area contributed by atoms with Crippen LogP contribution in [0.1, 0.15) is 22.8 Å². The van der Waals surface area contributed by atoms with E-state index in [9.17, 15) is 15.0 Å². The van der Waals surface area contributed by atoms with Gasteiger partial charge >= 0.3 is 6.09 Å². The predicted molar refractivity (Wildman–Crippen MR) is 94.2 cm³/mol. The van der Waals surface area contributed by atoms with E-state index in [0.717, 1.165) is 29.8 Å². The molecule has 0 bridgehead atoms. The lowest BCUT2D eigenvalue weighted by Crippen LogP contribution is -2.35. The third-order valence-corrected chi connectivity index (χ3v) is 4.21. The van der Waals surface area contributed by atoms with Crippen LogP contribution < -0.4 is 10.6 Å². The third kappa shape index (κ3) is 4.49. The first kappa shape index (κ1) is 17.3. The summed E-state index contributed by atoms with van der Waals surface area (Å²) in [5, 5.41) is 26.1. The van der Waals surface area contributed by atoms with Gasteiger partial charge in [0, 0.05) is 18.8 Å². The SMILES string of the molecule is O=C(NCC(O)C(O)c1ccc2c(c1)CCN2)OCc1ccccc1. The molecule has 25 heavy (non-hydrogen) atoms. The highest BCUT2D eigenvalue weighted by molar-refractivity contribution is 5.67. The molecule has 1 aliphatic heterocycles. The summed E-state index contributed by atoms with van der Waals surface area (Å²) in [5.41, 5.74) is 3.70. The van der Waals surface area contributed by atoms with Crippen LogP contribution in [0, 0.1) is 0 Å². The van der Waals surface area contributed by atoms with Gasteiger partial charge in [0.25, 0.3) is 0 Å². The summed E-state index contributed by atoms with van der Waals surface area (Å²) in [4.78, 5) is 11.7. The van der Waals surface area contributed by atoms with Crippen molar-refractivity contribution in [2.75, 3.05) is 18.4 Å². The van der Waals surface area contributed by atoms with Gasteiger partial charge in [0.1, 0.15) is 18.8 Å². The molecule has 0 radical (unpaired) electrons. The molecular formula is C19H22N2O4. The number of aliphatic hydroxyl groups excluding tert-OH is 2. The number of amides is 1. The number of ether oxygens (including phenoxy) is 1. The molecule has 6 heteroatoms. The number of rotatable bonds is 6. The lowest BCUT2D eigenvalue weighted by Gasteiger charge is -2.19. The summed E-state index contributed by atoms with van der Waals surface area (Å²) in [5.74, 6) is 0. The number of carbonyl (C=O) groups excluding carboxylic acids is 1. The van der Waals surface area contributed by atoms with Crippen LogP contribution in [0.25, 0.3) is 0 Å². The Morgan fingerprint density at radius 3 is 2.80 bits per heavy atom. The van der Waals surface area contributed by atoms with E-state index < -0.39 is 18.3 Å². The zero-order valence-corrected chi connectivity index (χ0v) is 13.8. The minimum absolute atomic E-state index is 0.0931. The van der Waals surface area contributed by atoms with E-state index in [2.05, 4.69) is 10.6 Å². The second-order valence-corrected chi connectivity index (χ2v) is 6.05. The number of anilines is 1. The van der Waals surface area contributed by atoms with E-state index in [4.69, 9.17) is 4.74 Å². The molecule has 6 nitrogen and oxygen atoms in total. The van der Waals surface area contributed by atoms with Crippen molar-refractivity contribution < 1.29 is 19.7 Å². The maximum atomic E-state index is 11.7. The van der Waals surface area contributed by atoms with Crippen LogP contribution >= 0.6 is 0 Å². The van der Waals surface area contributed by atoms with Crippen LogP contribution in [0.2, 0.25) is 0 Å². The number of nitrogens with one attached hydrogen (secondary N) is 2. The van der Waals surface area contributed by atoms with Crippen LogP contribution in [-0.4, -0.2) is 35.5 Å². The molecule has 3 rings (SSSR count). The Labute approximate surface area is 146 Å². The molecule has 1 aliphatic rings. The molecule has 0 aromatic heterocycles. The number of hydrogen-bond acceptors (Lipinski definition) is 5. The first-order valence-corrected chi connectivity index (χ1v) is 8.31. The molecule has 0 saturated carbocycles. The van der Waals surface area contributed by atoms with Gasteiger partial charge in [-0.25, -0.2) is 4.79 Å². The minimum Gasteiger partial charge on any atom is -0.445 e. The van der Waals surface area contributed by atoms with Gasteiger partial charge in [-0.3, -0.25) is 0 Å². The molecule has 4 N–H and O–H groups in total. The Balaban J connectivity index is 1.46. The van der Waals surface area contributed by atoms with Crippen LogP contribution in [0.5, 0.6) is 0 Å². The van der Waals surface area contributed by atoms with Crippen molar-refractivity contribution in [3.05, 3.63) is 65.2 Å². The smallest absolute Gasteiger partial charge is 0.407 e. The van der Waals surface area contributed by atoms with Gasteiger partial charge in [0.2, 0.25) is 0 Å². The van der Waals surface area contributed by atoms with E-state index >= 15 is 0 Å². The standard InChI is InChI=1S/C19H22N2O4/c22-17(11-21-19(24)25-12-13-4-2-1-3-5-13)18(23)15-6-7-16-14(10-15)8-9-20-16/h1-7,10,17-18,20,22-23H,8-9,11-12H2,(H,21,24). The van der Waals surface area contributed by atoms with Crippen molar-refractivity contribution >= 4 is 11.8 Å². The van der Waals surface area contributed by atoms with Crippen molar-refractivity contribution in [2.24, 2.45) is 0 Å². The van der Waals surface area contributed by atoms with Crippen molar-refractivity contribution in [2.45, 2.75) is 25.2 Å². The zero-order chi connectivity index (χ0) is 17.6. The molecule has 0 spiro atoms. The number of aliphatic hydroxyl groups is 2. The van der Waals surface area contributed by atoms with Crippen molar-refractivity contribution in [1.82, 2.24) is 5.32 Å². The second-order valence-electron chi connectivity index (χ2n) is 6.05. The Morgan fingerprint density at radius 1 is 1.20 bits per heavy atom. The highest BCUT2D eigenvalue weighted by Gasteiger charge is 2.21. The first-order valence-electron chi connectivity index (χ1n) is 8.31. The lowest BCUT2D eigenvalue weighted by atomic mass is 10.0. The van der Waals surface area contributed by atoms with Crippen molar-refractivity contribution in [3.63, 3.8) is 0 Å². The number of fused-ring (bicyclic) bond motifs is 1. The maximum absolute atomic E-state index is 11.7. The fraction of sp³-hybridized carbons (Fsp3) is 0.316. The summed E-state index contributed by atoms with van der Waals surface area (Å²) >= 11 is 0. The van der Waals surface area contributed by atoms with Crippen LogP contribution in [0.3, 0.4) is 0 Å². The zero-order valence-electron chi connectivity index (χ0n) is 13.8. The second kappa shape index (κ2) is 8.00.